The van der Waals surface area contributed by atoms with Gasteiger partial charge in [0.15, 0.2) is 5.78 Å². The fourth-order valence-electron chi connectivity index (χ4n) is 3.72. The highest BCUT2D eigenvalue weighted by atomic mass is 16.2. The maximum absolute atomic E-state index is 13.2. The smallest absolute Gasteiger partial charge is 0.251 e. The predicted molar refractivity (Wildman–Crippen MR) is 136 cm³/mol. The molecule has 34 heavy (non-hydrogen) atoms. The zero-order valence-corrected chi connectivity index (χ0v) is 20.3. The van der Waals surface area contributed by atoms with E-state index in [1.54, 1.807) is 12.1 Å². The third-order valence-corrected chi connectivity index (χ3v) is 5.59. The molecule has 0 spiro atoms. The zero-order chi connectivity index (χ0) is 24.7. The number of carbonyl (C=O) groups excluding carboxylic acids is 3. The van der Waals surface area contributed by atoms with Crippen molar-refractivity contribution in [3.8, 4) is 0 Å². The molecule has 2 amide bonds. The number of amides is 2. The highest BCUT2D eigenvalue weighted by Gasteiger charge is 2.24. The average molecular weight is 457 g/mol. The Morgan fingerprint density at radius 1 is 0.941 bits per heavy atom. The van der Waals surface area contributed by atoms with Gasteiger partial charge in [-0.05, 0) is 61.1 Å². The Morgan fingerprint density at radius 2 is 1.65 bits per heavy atom. The standard InChI is InChI=1S/C27H26N2O3.C2H6/c1-17-11-12-21(27(32)29-22-13-14-22)15-24(17)20-9-6-10-23(25(16-20)28-18(2)30)26(31)19-7-4-3-5-8-19;1-2/h3-9,11-12,15-16,22H,10,13-14H2,1-2H3,(H,28,30)(H,29,32);1-2H3. The number of aryl methyl sites for hydroxylation is 1. The Hall–Kier alpha value is -3.73. The van der Waals surface area contributed by atoms with Gasteiger partial charge in [0, 0.05) is 35.4 Å². The predicted octanol–water partition coefficient (Wildman–Crippen LogP) is 5.53. The van der Waals surface area contributed by atoms with Gasteiger partial charge in [0.1, 0.15) is 0 Å². The number of benzene rings is 2. The maximum atomic E-state index is 13.2. The molecule has 5 nitrogen and oxygen atoms in total. The van der Waals surface area contributed by atoms with E-state index in [0.717, 1.165) is 29.5 Å². The van der Waals surface area contributed by atoms with E-state index in [4.69, 9.17) is 0 Å². The van der Waals surface area contributed by atoms with E-state index in [-0.39, 0.29) is 23.6 Å². The van der Waals surface area contributed by atoms with Crippen LogP contribution in [0.25, 0.3) is 5.57 Å². The molecule has 2 aliphatic carbocycles. The normalized spacial score (nSPS) is 14.9. The lowest BCUT2D eigenvalue weighted by atomic mass is 9.96. The summed E-state index contributed by atoms with van der Waals surface area (Å²) >= 11 is 0. The monoisotopic (exact) mass is 456 g/mol. The molecule has 0 aliphatic heterocycles. The molecule has 0 atom stereocenters. The van der Waals surface area contributed by atoms with E-state index >= 15 is 0 Å². The largest absolute Gasteiger partial charge is 0.349 e. The zero-order valence-electron chi connectivity index (χ0n) is 20.3. The van der Waals surface area contributed by atoms with Gasteiger partial charge in [-0.15, -0.1) is 0 Å². The lowest BCUT2D eigenvalue weighted by Gasteiger charge is -2.13. The highest BCUT2D eigenvalue weighted by molar-refractivity contribution is 6.10. The van der Waals surface area contributed by atoms with Crippen molar-refractivity contribution in [1.82, 2.24) is 10.6 Å². The molecule has 2 N–H and O–H groups in total. The van der Waals surface area contributed by atoms with Gasteiger partial charge in [0.05, 0.1) is 0 Å². The quantitative estimate of drug-likeness (QED) is 0.561. The third-order valence-electron chi connectivity index (χ3n) is 5.59. The summed E-state index contributed by atoms with van der Waals surface area (Å²) in [7, 11) is 0. The second-order valence-corrected chi connectivity index (χ2v) is 8.25. The molecule has 0 bridgehead atoms. The van der Waals surface area contributed by atoms with Gasteiger partial charge in [-0.25, -0.2) is 0 Å². The van der Waals surface area contributed by atoms with Crippen molar-refractivity contribution in [1.29, 1.82) is 0 Å². The summed E-state index contributed by atoms with van der Waals surface area (Å²) in [6.45, 7) is 7.41. The second kappa shape index (κ2) is 11.4. The number of ketones is 1. The lowest BCUT2D eigenvalue weighted by molar-refractivity contribution is -0.118. The molecular weight excluding hydrogens is 424 g/mol. The Bertz CT molecular complexity index is 1170. The van der Waals surface area contributed by atoms with Gasteiger partial charge in [0.25, 0.3) is 5.91 Å². The van der Waals surface area contributed by atoms with Crippen LogP contribution in [-0.4, -0.2) is 23.6 Å². The number of allylic oxidation sites excluding steroid dienone is 5. The number of carbonyl (C=O) groups is 3. The van der Waals surface area contributed by atoms with Crippen molar-refractivity contribution in [2.75, 3.05) is 0 Å². The molecule has 0 radical (unpaired) electrons. The number of hydrogen-bond donors (Lipinski definition) is 2. The van der Waals surface area contributed by atoms with Crippen molar-refractivity contribution in [3.63, 3.8) is 0 Å². The summed E-state index contributed by atoms with van der Waals surface area (Å²) in [5.74, 6) is -0.444. The summed E-state index contributed by atoms with van der Waals surface area (Å²) in [5.41, 5.74) is 4.91. The molecule has 0 heterocycles. The van der Waals surface area contributed by atoms with Crippen molar-refractivity contribution >= 4 is 23.2 Å². The summed E-state index contributed by atoms with van der Waals surface area (Å²) in [6.07, 6.45) is 8.14. The summed E-state index contributed by atoms with van der Waals surface area (Å²) in [6, 6.07) is 14.9. The van der Waals surface area contributed by atoms with E-state index in [9.17, 15) is 14.4 Å². The van der Waals surface area contributed by atoms with Crippen LogP contribution in [0.1, 0.15) is 71.9 Å². The number of nitrogens with one attached hydrogen (secondary N) is 2. The summed E-state index contributed by atoms with van der Waals surface area (Å²) in [5, 5.41) is 5.86. The topological polar surface area (TPSA) is 75.3 Å². The first-order valence-corrected chi connectivity index (χ1v) is 11.8. The van der Waals surface area contributed by atoms with E-state index in [2.05, 4.69) is 10.6 Å². The molecular formula is C29H32N2O3. The molecule has 1 fully saturated rings. The minimum Gasteiger partial charge on any atom is -0.349 e. The van der Waals surface area contributed by atoms with Gasteiger partial charge in [-0.2, -0.15) is 0 Å². The average Bonchev–Trinajstić information content (AvgIpc) is 3.67. The van der Waals surface area contributed by atoms with Crippen molar-refractivity contribution < 1.29 is 14.4 Å². The van der Waals surface area contributed by atoms with Crippen LogP contribution in [0.5, 0.6) is 0 Å². The number of rotatable bonds is 6. The Labute approximate surface area is 201 Å². The van der Waals surface area contributed by atoms with Gasteiger partial charge in [-0.1, -0.05) is 62.4 Å². The Morgan fingerprint density at radius 3 is 2.29 bits per heavy atom. The van der Waals surface area contributed by atoms with Gasteiger partial charge < -0.3 is 10.6 Å². The minimum absolute atomic E-state index is 0.0791. The van der Waals surface area contributed by atoms with Crippen molar-refractivity contribution in [2.45, 2.75) is 53.0 Å². The number of hydrogen-bond acceptors (Lipinski definition) is 3. The van der Waals surface area contributed by atoms with Gasteiger partial charge in [-0.3, -0.25) is 14.4 Å². The fraction of sp³-hybridized carbons (Fsp3) is 0.276. The molecule has 0 aromatic heterocycles. The fourth-order valence-corrected chi connectivity index (χ4v) is 3.72. The minimum atomic E-state index is -0.245. The molecule has 1 saturated carbocycles. The summed E-state index contributed by atoms with van der Waals surface area (Å²) in [4.78, 5) is 37.7. The first-order valence-electron chi connectivity index (χ1n) is 11.8. The molecule has 2 aromatic carbocycles. The maximum Gasteiger partial charge on any atom is 0.251 e. The molecule has 2 aliphatic rings. The van der Waals surface area contributed by atoms with Crippen LogP contribution < -0.4 is 10.6 Å². The van der Waals surface area contributed by atoms with Crippen molar-refractivity contribution in [2.24, 2.45) is 0 Å². The van der Waals surface area contributed by atoms with Crippen LogP contribution in [0.15, 0.2) is 78.0 Å². The molecule has 4 rings (SSSR count). The van der Waals surface area contributed by atoms with Crippen LogP contribution in [0.2, 0.25) is 0 Å². The van der Waals surface area contributed by atoms with Gasteiger partial charge >= 0.3 is 0 Å². The van der Waals surface area contributed by atoms with E-state index in [1.807, 2.05) is 75.4 Å². The Kier molecular flexibility index (Phi) is 8.36. The third kappa shape index (κ3) is 6.19. The molecule has 2 aromatic rings. The Balaban J connectivity index is 0.00000158. The van der Waals surface area contributed by atoms with Crippen LogP contribution in [0.3, 0.4) is 0 Å². The molecule has 0 saturated heterocycles. The first kappa shape index (κ1) is 24.9. The highest BCUT2D eigenvalue weighted by Crippen LogP contribution is 2.29. The van der Waals surface area contributed by atoms with E-state index in [1.165, 1.54) is 6.92 Å². The van der Waals surface area contributed by atoms with Crippen LogP contribution >= 0.6 is 0 Å². The van der Waals surface area contributed by atoms with Crippen LogP contribution in [0, 0.1) is 6.92 Å². The van der Waals surface area contributed by atoms with Crippen molar-refractivity contribution in [3.05, 3.63) is 100 Å². The summed E-state index contributed by atoms with van der Waals surface area (Å²) < 4.78 is 0. The molecule has 176 valence electrons. The number of Topliss-reactive ketones (excluding diaryl/α,β-unsaturated/α-hetero) is 1. The van der Waals surface area contributed by atoms with Gasteiger partial charge in [0.2, 0.25) is 5.91 Å². The van der Waals surface area contributed by atoms with Crippen LogP contribution in [0.4, 0.5) is 0 Å². The lowest BCUT2D eigenvalue weighted by Crippen LogP contribution is -2.25. The first-order chi connectivity index (χ1) is 16.4. The van der Waals surface area contributed by atoms with E-state index in [0.29, 0.717) is 28.8 Å². The molecule has 5 heteroatoms. The SMILES string of the molecule is CC.CC(=O)NC1=C(C(=O)c2ccccc2)CC=CC(c2cc(C(=O)NC3CC3)ccc2C)=C1. The van der Waals surface area contributed by atoms with Crippen LogP contribution in [-0.2, 0) is 4.79 Å². The van der Waals surface area contributed by atoms with E-state index < -0.39 is 0 Å². The second-order valence-electron chi connectivity index (χ2n) is 8.25. The molecule has 0 unspecified atom stereocenters.